The molecule has 126 valence electrons. The van der Waals surface area contributed by atoms with Crippen LogP contribution in [0, 0.1) is 11.7 Å². The molecule has 5 nitrogen and oxygen atoms in total. The Morgan fingerprint density at radius 3 is 2.87 bits per heavy atom. The van der Waals surface area contributed by atoms with Crippen molar-refractivity contribution in [2.24, 2.45) is 5.92 Å². The molecule has 3 atom stereocenters. The number of hydrogen-bond donors (Lipinski definition) is 1. The van der Waals surface area contributed by atoms with Gasteiger partial charge >= 0.3 is 0 Å². The van der Waals surface area contributed by atoms with E-state index in [1.165, 1.54) is 24.3 Å². The molecule has 23 heavy (non-hydrogen) atoms. The summed E-state index contributed by atoms with van der Waals surface area (Å²) in [7, 11) is 0. The van der Waals surface area contributed by atoms with Gasteiger partial charge in [0.2, 0.25) is 0 Å². The minimum absolute atomic E-state index is 0.00891. The Morgan fingerprint density at radius 1 is 1.35 bits per heavy atom. The maximum Gasteiger partial charge on any atom is 0.260 e. The molecule has 0 bridgehead atoms. The lowest BCUT2D eigenvalue weighted by atomic mass is 9.89. The fourth-order valence-corrected chi connectivity index (χ4v) is 3.42. The molecule has 6 heteroatoms. The van der Waals surface area contributed by atoms with Crippen LogP contribution in [0.1, 0.15) is 19.3 Å². The molecule has 0 saturated carbocycles. The summed E-state index contributed by atoms with van der Waals surface area (Å²) >= 11 is 0. The minimum Gasteiger partial charge on any atom is -0.484 e. The number of halogens is 1. The normalized spacial score (nSPS) is 27.9. The van der Waals surface area contributed by atoms with E-state index in [1.807, 2.05) is 0 Å². The number of likely N-dealkylation sites (tertiary alicyclic amines) is 1. The monoisotopic (exact) mass is 323 g/mol. The molecule has 2 heterocycles. The van der Waals surface area contributed by atoms with Crippen LogP contribution in [-0.4, -0.2) is 54.4 Å². The van der Waals surface area contributed by atoms with Crippen molar-refractivity contribution in [3.63, 3.8) is 0 Å². The van der Waals surface area contributed by atoms with E-state index in [0.717, 1.165) is 12.8 Å². The molecule has 2 aliphatic rings. The van der Waals surface area contributed by atoms with E-state index < -0.39 is 6.10 Å². The average molecular weight is 323 g/mol. The molecule has 0 radical (unpaired) electrons. The largest absolute Gasteiger partial charge is 0.484 e. The lowest BCUT2D eigenvalue weighted by Crippen LogP contribution is -2.49. The molecule has 2 fully saturated rings. The van der Waals surface area contributed by atoms with E-state index in [4.69, 9.17) is 9.47 Å². The Kier molecular flexibility index (Phi) is 5.13. The van der Waals surface area contributed by atoms with Gasteiger partial charge in [0.15, 0.2) is 6.61 Å². The zero-order valence-corrected chi connectivity index (χ0v) is 13.0. The van der Waals surface area contributed by atoms with Crippen molar-refractivity contribution >= 4 is 5.91 Å². The highest BCUT2D eigenvalue weighted by atomic mass is 19.1. The van der Waals surface area contributed by atoms with Crippen LogP contribution in [0.4, 0.5) is 4.39 Å². The first-order valence-electron chi connectivity index (χ1n) is 8.09. The molecule has 3 rings (SSSR count). The highest BCUT2D eigenvalue weighted by Crippen LogP contribution is 2.30. The average Bonchev–Trinajstić information content (AvgIpc) is 3.04. The second-order valence-corrected chi connectivity index (χ2v) is 6.13. The van der Waals surface area contributed by atoms with E-state index in [2.05, 4.69) is 0 Å². The van der Waals surface area contributed by atoms with Crippen LogP contribution in [0.15, 0.2) is 24.3 Å². The maximum absolute atomic E-state index is 12.9. The first-order chi connectivity index (χ1) is 11.1. The number of carbonyl (C=O) groups excluding carboxylic acids is 1. The third-order valence-electron chi connectivity index (χ3n) is 4.65. The molecule has 2 aliphatic heterocycles. The van der Waals surface area contributed by atoms with Crippen molar-refractivity contribution in [1.29, 1.82) is 0 Å². The number of ether oxygens (including phenoxy) is 2. The second-order valence-electron chi connectivity index (χ2n) is 6.13. The zero-order chi connectivity index (χ0) is 16.2. The predicted molar refractivity (Wildman–Crippen MR) is 81.6 cm³/mol. The Balaban J connectivity index is 1.58. The van der Waals surface area contributed by atoms with E-state index in [-0.39, 0.29) is 30.3 Å². The van der Waals surface area contributed by atoms with Gasteiger partial charge in [0, 0.05) is 25.1 Å². The lowest BCUT2D eigenvalue weighted by molar-refractivity contribution is -0.138. The number of aliphatic hydroxyl groups is 1. The fraction of sp³-hybridized carbons (Fsp3) is 0.588. The van der Waals surface area contributed by atoms with Crippen molar-refractivity contribution in [1.82, 2.24) is 4.90 Å². The molecular weight excluding hydrogens is 301 g/mol. The predicted octanol–water partition coefficient (Wildman–Crippen LogP) is 1.59. The van der Waals surface area contributed by atoms with Crippen molar-refractivity contribution in [3.05, 3.63) is 30.1 Å². The second kappa shape index (κ2) is 7.27. The third-order valence-corrected chi connectivity index (χ3v) is 4.65. The van der Waals surface area contributed by atoms with E-state index in [0.29, 0.717) is 31.9 Å². The molecule has 1 aromatic rings. The molecule has 0 unspecified atom stereocenters. The fourth-order valence-electron chi connectivity index (χ4n) is 3.42. The van der Waals surface area contributed by atoms with Gasteiger partial charge in [-0.05, 0) is 43.5 Å². The number of benzene rings is 1. The number of amides is 1. The van der Waals surface area contributed by atoms with Crippen molar-refractivity contribution in [3.8, 4) is 5.75 Å². The van der Waals surface area contributed by atoms with Gasteiger partial charge in [0.05, 0.1) is 12.7 Å². The summed E-state index contributed by atoms with van der Waals surface area (Å²) in [5.74, 6) is 0.00159. The van der Waals surface area contributed by atoms with Gasteiger partial charge in [-0.2, -0.15) is 0 Å². The smallest absolute Gasteiger partial charge is 0.260 e. The van der Waals surface area contributed by atoms with Gasteiger partial charge in [-0.3, -0.25) is 4.79 Å². The topological polar surface area (TPSA) is 59.0 Å². The van der Waals surface area contributed by atoms with E-state index in [1.54, 1.807) is 4.90 Å². The quantitative estimate of drug-likeness (QED) is 0.914. The molecule has 0 spiro atoms. The first kappa shape index (κ1) is 16.2. The van der Waals surface area contributed by atoms with Gasteiger partial charge < -0.3 is 19.5 Å². The van der Waals surface area contributed by atoms with Crippen LogP contribution in [-0.2, 0) is 9.53 Å². The van der Waals surface area contributed by atoms with Gasteiger partial charge in [0.25, 0.3) is 5.91 Å². The van der Waals surface area contributed by atoms with Gasteiger partial charge in [0.1, 0.15) is 11.6 Å². The number of nitrogens with zero attached hydrogens (tertiary/aromatic N) is 1. The summed E-state index contributed by atoms with van der Waals surface area (Å²) in [4.78, 5) is 14.2. The van der Waals surface area contributed by atoms with Crippen molar-refractivity contribution in [2.75, 3.05) is 26.4 Å². The van der Waals surface area contributed by atoms with Crippen LogP contribution in [0.25, 0.3) is 0 Å². The zero-order valence-electron chi connectivity index (χ0n) is 13.0. The van der Waals surface area contributed by atoms with E-state index in [9.17, 15) is 14.3 Å². The Hall–Kier alpha value is -1.66. The number of carbonyl (C=O) groups is 1. The Labute approximate surface area is 135 Å². The molecule has 1 amide bonds. The molecule has 1 aromatic carbocycles. The van der Waals surface area contributed by atoms with Crippen LogP contribution < -0.4 is 4.74 Å². The summed E-state index contributed by atoms with van der Waals surface area (Å²) in [6, 6.07) is 5.61. The number of hydrogen-bond acceptors (Lipinski definition) is 4. The molecule has 0 aromatic heterocycles. The lowest BCUT2D eigenvalue weighted by Gasteiger charge is -2.36. The van der Waals surface area contributed by atoms with Crippen LogP contribution in [0.2, 0.25) is 0 Å². The summed E-state index contributed by atoms with van der Waals surface area (Å²) in [5.41, 5.74) is 0. The Bertz CT molecular complexity index is 536. The number of aliphatic hydroxyl groups excluding tert-OH is 1. The van der Waals surface area contributed by atoms with E-state index >= 15 is 0 Å². The molecule has 0 aliphatic carbocycles. The number of rotatable bonds is 4. The van der Waals surface area contributed by atoms with Crippen molar-refractivity contribution in [2.45, 2.75) is 31.4 Å². The van der Waals surface area contributed by atoms with Gasteiger partial charge in [-0.15, -0.1) is 0 Å². The highest BCUT2D eigenvalue weighted by Gasteiger charge is 2.39. The summed E-state index contributed by atoms with van der Waals surface area (Å²) < 4.78 is 23.8. The molecule has 1 N–H and O–H groups in total. The highest BCUT2D eigenvalue weighted by molar-refractivity contribution is 5.78. The minimum atomic E-state index is -0.417. The molecular formula is C17H22FNO4. The third kappa shape index (κ3) is 3.82. The van der Waals surface area contributed by atoms with Crippen LogP contribution in [0.5, 0.6) is 5.75 Å². The van der Waals surface area contributed by atoms with Gasteiger partial charge in [-0.25, -0.2) is 4.39 Å². The Morgan fingerprint density at radius 2 is 2.13 bits per heavy atom. The SMILES string of the molecule is O=C(COc1ccc(F)cc1)N1CCC[C@@H]1[C@H]1COCC[C@@H]1O. The summed E-state index contributed by atoms with van der Waals surface area (Å²) in [6.07, 6.45) is 2.01. The summed E-state index contributed by atoms with van der Waals surface area (Å²) in [5, 5.41) is 10.2. The summed E-state index contributed by atoms with van der Waals surface area (Å²) in [6.45, 7) is 1.67. The van der Waals surface area contributed by atoms with Crippen LogP contribution >= 0.6 is 0 Å². The standard InChI is InChI=1S/C17H22FNO4/c18-12-3-5-13(6-4-12)23-11-17(21)19-8-1-2-15(19)14-10-22-9-7-16(14)20/h3-6,14-16,20H,1-2,7-11H2/t14-,15-,16+/m1/s1. The van der Waals surface area contributed by atoms with Crippen LogP contribution in [0.3, 0.4) is 0 Å². The molecule has 2 saturated heterocycles. The maximum atomic E-state index is 12.9. The first-order valence-corrected chi connectivity index (χ1v) is 8.09. The van der Waals surface area contributed by atoms with Crippen molar-refractivity contribution < 1.29 is 23.8 Å². The van der Waals surface area contributed by atoms with Gasteiger partial charge in [-0.1, -0.05) is 0 Å².